The van der Waals surface area contributed by atoms with Crippen molar-refractivity contribution in [1.29, 1.82) is 0 Å². The summed E-state index contributed by atoms with van der Waals surface area (Å²) in [6, 6.07) is 7.11. The third-order valence-corrected chi connectivity index (χ3v) is 3.77. The van der Waals surface area contributed by atoms with Gasteiger partial charge in [0.05, 0.1) is 6.04 Å². The molecule has 1 atom stereocenters. The van der Waals surface area contributed by atoms with Gasteiger partial charge in [0.2, 0.25) is 0 Å². The number of nitrogens with two attached hydrogens (primary N) is 1. The van der Waals surface area contributed by atoms with E-state index in [9.17, 15) is 4.79 Å². The number of hydrogen-bond donors (Lipinski definition) is 1. The highest BCUT2D eigenvalue weighted by atomic mass is 35.5. The highest BCUT2D eigenvalue weighted by Crippen LogP contribution is 2.18. The Balaban J connectivity index is 2.09. The van der Waals surface area contributed by atoms with Crippen LogP contribution in [0.3, 0.4) is 0 Å². The molecule has 0 bridgehead atoms. The monoisotopic (exact) mass is 280 g/mol. The number of carbonyl (C=O) groups excluding carboxylic acids is 1. The van der Waals surface area contributed by atoms with Crippen molar-refractivity contribution in [2.75, 3.05) is 0 Å². The van der Waals surface area contributed by atoms with Gasteiger partial charge in [-0.3, -0.25) is 4.79 Å². The molecule has 0 aliphatic carbocycles. The molecule has 0 radical (unpaired) electrons. The van der Waals surface area contributed by atoms with Crippen molar-refractivity contribution in [3.63, 3.8) is 0 Å². The Morgan fingerprint density at radius 3 is 2.67 bits per heavy atom. The molecule has 0 fully saturated rings. The maximum absolute atomic E-state index is 12.0. The van der Waals surface area contributed by atoms with Gasteiger partial charge in [-0.05, 0) is 24.6 Å². The van der Waals surface area contributed by atoms with Crippen LogP contribution in [-0.4, -0.2) is 10.8 Å². The largest absolute Gasteiger partial charge is 0.322 e. The van der Waals surface area contributed by atoms with E-state index in [-0.39, 0.29) is 11.8 Å². The van der Waals surface area contributed by atoms with E-state index in [1.54, 1.807) is 17.5 Å². The molecule has 0 amide bonds. The number of aromatic nitrogens is 1. The summed E-state index contributed by atoms with van der Waals surface area (Å²) in [6.45, 7) is 1.85. The van der Waals surface area contributed by atoms with Crippen LogP contribution >= 0.6 is 22.9 Å². The van der Waals surface area contributed by atoms with Crippen molar-refractivity contribution in [3.05, 3.63) is 50.9 Å². The molecular weight excluding hydrogens is 268 g/mol. The molecular formula is C13H13ClN2OS. The molecule has 1 aromatic heterocycles. The summed E-state index contributed by atoms with van der Waals surface area (Å²) < 4.78 is 0. The van der Waals surface area contributed by atoms with Gasteiger partial charge < -0.3 is 5.73 Å². The summed E-state index contributed by atoms with van der Waals surface area (Å²) in [7, 11) is 0. The first-order valence-electron chi connectivity index (χ1n) is 5.55. The number of halogens is 1. The minimum atomic E-state index is -0.132. The first kappa shape index (κ1) is 13.2. The Morgan fingerprint density at radius 1 is 1.44 bits per heavy atom. The lowest BCUT2D eigenvalue weighted by Gasteiger charge is -2.00. The maximum atomic E-state index is 12.0. The number of carbonyl (C=O) groups is 1. The predicted molar refractivity (Wildman–Crippen MR) is 74.2 cm³/mol. The first-order valence-corrected chi connectivity index (χ1v) is 6.80. The van der Waals surface area contributed by atoms with Crippen LogP contribution in [0.15, 0.2) is 29.6 Å². The van der Waals surface area contributed by atoms with Crippen LogP contribution in [0, 0.1) is 0 Å². The van der Waals surface area contributed by atoms with Gasteiger partial charge in [-0.1, -0.05) is 23.7 Å². The van der Waals surface area contributed by atoms with Crippen molar-refractivity contribution in [2.45, 2.75) is 19.4 Å². The van der Waals surface area contributed by atoms with E-state index in [0.717, 1.165) is 10.6 Å². The fraction of sp³-hybridized carbons (Fsp3) is 0.231. The summed E-state index contributed by atoms with van der Waals surface area (Å²) in [5.41, 5.74) is 7.14. The molecule has 0 saturated carbocycles. The average molecular weight is 281 g/mol. The smallest absolute Gasteiger partial charge is 0.186 e. The van der Waals surface area contributed by atoms with Gasteiger partial charge in [0.1, 0.15) is 10.7 Å². The molecule has 0 spiro atoms. The van der Waals surface area contributed by atoms with Crippen LogP contribution in [0.2, 0.25) is 5.02 Å². The molecule has 18 heavy (non-hydrogen) atoms. The summed E-state index contributed by atoms with van der Waals surface area (Å²) in [4.78, 5) is 16.2. The summed E-state index contributed by atoms with van der Waals surface area (Å²) in [6.07, 6.45) is 0.333. The summed E-state index contributed by atoms with van der Waals surface area (Å²) in [5, 5.41) is 3.21. The van der Waals surface area contributed by atoms with Gasteiger partial charge in [-0.25, -0.2) is 4.98 Å². The number of rotatable bonds is 4. The molecule has 1 unspecified atom stereocenters. The number of hydrogen-bond acceptors (Lipinski definition) is 4. The Kier molecular flexibility index (Phi) is 4.11. The van der Waals surface area contributed by atoms with Crippen LogP contribution < -0.4 is 5.73 Å². The van der Waals surface area contributed by atoms with Crippen molar-refractivity contribution in [1.82, 2.24) is 4.98 Å². The van der Waals surface area contributed by atoms with Crippen molar-refractivity contribution < 1.29 is 4.79 Å². The van der Waals surface area contributed by atoms with E-state index in [2.05, 4.69) is 4.98 Å². The van der Waals surface area contributed by atoms with Crippen LogP contribution in [0.1, 0.15) is 34.0 Å². The van der Waals surface area contributed by atoms with Crippen molar-refractivity contribution in [2.24, 2.45) is 5.73 Å². The number of thiazole rings is 1. The molecule has 5 heteroatoms. The second kappa shape index (κ2) is 5.61. The summed E-state index contributed by atoms with van der Waals surface area (Å²) >= 11 is 7.21. The van der Waals surface area contributed by atoms with Gasteiger partial charge >= 0.3 is 0 Å². The lowest BCUT2D eigenvalue weighted by Crippen LogP contribution is -2.07. The quantitative estimate of drug-likeness (QED) is 0.875. The maximum Gasteiger partial charge on any atom is 0.186 e. The SMILES string of the molecule is CC(N)c1nc(C(=O)Cc2ccc(Cl)cc2)cs1. The molecule has 2 N–H and O–H groups in total. The normalized spacial score (nSPS) is 12.4. The fourth-order valence-corrected chi connectivity index (χ4v) is 2.41. The number of benzene rings is 1. The lowest BCUT2D eigenvalue weighted by atomic mass is 10.1. The number of ketones is 1. The molecule has 1 heterocycles. The van der Waals surface area contributed by atoms with E-state index in [1.165, 1.54) is 11.3 Å². The zero-order valence-electron chi connectivity index (χ0n) is 9.89. The zero-order valence-corrected chi connectivity index (χ0v) is 11.5. The van der Waals surface area contributed by atoms with Gasteiger partial charge in [0, 0.05) is 16.8 Å². The topological polar surface area (TPSA) is 56.0 Å². The molecule has 2 aromatic rings. The third-order valence-electron chi connectivity index (χ3n) is 2.48. The number of Topliss-reactive ketones (excluding diaryl/α,β-unsaturated/α-hetero) is 1. The third kappa shape index (κ3) is 3.16. The van der Waals surface area contributed by atoms with Gasteiger partial charge in [0.15, 0.2) is 5.78 Å². The van der Waals surface area contributed by atoms with E-state index >= 15 is 0 Å². The van der Waals surface area contributed by atoms with Crippen LogP contribution in [-0.2, 0) is 6.42 Å². The second-order valence-electron chi connectivity index (χ2n) is 4.09. The van der Waals surface area contributed by atoms with E-state index in [0.29, 0.717) is 17.1 Å². The Morgan fingerprint density at radius 2 is 2.11 bits per heavy atom. The molecule has 2 rings (SSSR count). The highest BCUT2D eigenvalue weighted by molar-refractivity contribution is 7.09. The van der Waals surface area contributed by atoms with Crippen molar-refractivity contribution >= 4 is 28.7 Å². The lowest BCUT2D eigenvalue weighted by molar-refractivity contribution is 0.0988. The van der Waals surface area contributed by atoms with Crippen LogP contribution in [0.5, 0.6) is 0 Å². The van der Waals surface area contributed by atoms with E-state index in [4.69, 9.17) is 17.3 Å². The number of nitrogens with zero attached hydrogens (tertiary/aromatic N) is 1. The van der Waals surface area contributed by atoms with Crippen LogP contribution in [0.25, 0.3) is 0 Å². The van der Waals surface area contributed by atoms with Crippen LogP contribution in [0.4, 0.5) is 0 Å². The second-order valence-corrected chi connectivity index (χ2v) is 5.41. The minimum absolute atomic E-state index is 0.000437. The molecule has 3 nitrogen and oxygen atoms in total. The van der Waals surface area contributed by atoms with Gasteiger partial charge in [-0.2, -0.15) is 0 Å². The standard InChI is InChI=1S/C13H13ClN2OS/c1-8(15)13-16-11(7-18-13)12(17)6-9-2-4-10(14)5-3-9/h2-5,7-8H,6,15H2,1H3. The fourth-order valence-electron chi connectivity index (χ4n) is 1.50. The predicted octanol–water partition coefficient (Wildman–Crippen LogP) is 3.24. The van der Waals surface area contributed by atoms with E-state index < -0.39 is 0 Å². The molecule has 94 valence electrons. The average Bonchev–Trinajstić information content (AvgIpc) is 2.81. The Hall–Kier alpha value is -1.23. The van der Waals surface area contributed by atoms with Gasteiger partial charge in [0.25, 0.3) is 0 Å². The summed E-state index contributed by atoms with van der Waals surface area (Å²) in [5.74, 6) is 0.000437. The Labute approximate surface area is 115 Å². The first-order chi connectivity index (χ1) is 8.56. The highest BCUT2D eigenvalue weighted by Gasteiger charge is 2.13. The Bertz CT molecular complexity index is 548. The van der Waals surface area contributed by atoms with Gasteiger partial charge in [-0.15, -0.1) is 11.3 Å². The molecule has 0 saturated heterocycles. The molecule has 0 aliphatic heterocycles. The van der Waals surface area contributed by atoms with E-state index in [1.807, 2.05) is 19.1 Å². The molecule has 1 aromatic carbocycles. The minimum Gasteiger partial charge on any atom is -0.322 e. The van der Waals surface area contributed by atoms with Crippen molar-refractivity contribution in [3.8, 4) is 0 Å². The molecule has 0 aliphatic rings. The zero-order chi connectivity index (χ0) is 13.1.